The molecule has 1 N–H and O–H groups in total. The molecular weight excluding hydrogens is 220 g/mol. The van der Waals surface area contributed by atoms with Crippen molar-refractivity contribution in [1.29, 1.82) is 0 Å². The Morgan fingerprint density at radius 1 is 1.22 bits per heavy atom. The molecule has 1 saturated carbocycles. The number of hydrogen-bond donors (Lipinski definition) is 1. The highest BCUT2D eigenvalue weighted by atomic mass is 15.2. The molecular formula is C16H32N2. The SMILES string of the molecule is CCCC1CN(CC2CCCC(C)C2)C(C)CN1. The number of hydrogen-bond acceptors (Lipinski definition) is 2. The molecule has 1 aliphatic carbocycles. The van der Waals surface area contributed by atoms with Crippen molar-refractivity contribution in [3.8, 4) is 0 Å². The van der Waals surface area contributed by atoms with Gasteiger partial charge in [0.05, 0.1) is 0 Å². The van der Waals surface area contributed by atoms with Crippen LogP contribution < -0.4 is 5.32 Å². The van der Waals surface area contributed by atoms with E-state index in [1.807, 2.05) is 0 Å². The molecule has 0 amide bonds. The third-order valence-electron chi connectivity index (χ3n) is 4.96. The minimum absolute atomic E-state index is 0.732. The summed E-state index contributed by atoms with van der Waals surface area (Å²) in [5.74, 6) is 1.94. The van der Waals surface area contributed by atoms with Crippen molar-refractivity contribution in [3.63, 3.8) is 0 Å². The Kier molecular flexibility index (Phi) is 5.50. The maximum absolute atomic E-state index is 3.70. The van der Waals surface area contributed by atoms with Gasteiger partial charge in [-0.25, -0.2) is 0 Å². The molecule has 2 heteroatoms. The first kappa shape index (κ1) is 14.3. The Balaban J connectivity index is 1.82. The molecule has 0 spiro atoms. The second-order valence-electron chi connectivity index (χ2n) is 6.83. The van der Waals surface area contributed by atoms with Gasteiger partial charge in [0.15, 0.2) is 0 Å². The number of nitrogens with zero attached hydrogens (tertiary/aromatic N) is 1. The molecule has 0 radical (unpaired) electrons. The van der Waals surface area contributed by atoms with Crippen molar-refractivity contribution < 1.29 is 0 Å². The van der Waals surface area contributed by atoms with Crippen molar-refractivity contribution >= 4 is 0 Å². The van der Waals surface area contributed by atoms with Gasteiger partial charge in [-0.05, 0) is 38.0 Å². The number of nitrogens with one attached hydrogen (secondary N) is 1. The topological polar surface area (TPSA) is 15.3 Å². The lowest BCUT2D eigenvalue weighted by molar-refractivity contribution is 0.0988. The lowest BCUT2D eigenvalue weighted by Crippen LogP contribution is -2.56. The summed E-state index contributed by atoms with van der Waals surface area (Å²) in [6, 6.07) is 1.47. The Hall–Kier alpha value is -0.0800. The van der Waals surface area contributed by atoms with Gasteiger partial charge < -0.3 is 5.32 Å². The van der Waals surface area contributed by atoms with Gasteiger partial charge in [0.2, 0.25) is 0 Å². The van der Waals surface area contributed by atoms with Gasteiger partial charge in [0.1, 0.15) is 0 Å². The summed E-state index contributed by atoms with van der Waals surface area (Å²) >= 11 is 0. The second kappa shape index (κ2) is 6.91. The highest BCUT2D eigenvalue weighted by Crippen LogP contribution is 2.29. The first-order chi connectivity index (χ1) is 8.69. The quantitative estimate of drug-likeness (QED) is 0.826. The summed E-state index contributed by atoms with van der Waals surface area (Å²) in [6.45, 7) is 10.9. The lowest BCUT2D eigenvalue weighted by Gasteiger charge is -2.41. The van der Waals surface area contributed by atoms with E-state index in [1.165, 1.54) is 58.2 Å². The molecule has 18 heavy (non-hydrogen) atoms. The molecule has 2 aliphatic rings. The van der Waals surface area contributed by atoms with Gasteiger partial charge in [-0.1, -0.05) is 33.1 Å². The average molecular weight is 252 g/mol. The van der Waals surface area contributed by atoms with Crippen LogP contribution in [0.1, 0.15) is 59.3 Å². The summed E-state index contributed by atoms with van der Waals surface area (Å²) in [7, 11) is 0. The molecule has 4 unspecified atom stereocenters. The summed E-state index contributed by atoms with van der Waals surface area (Å²) in [4.78, 5) is 2.76. The van der Waals surface area contributed by atoms with E-state index < -0.39 is 0 Å². The maximum Gasteiger partial charge on any atom is 0.0195 e. The van der Waals surface area contributed by atoms with E-state index in [2.05, 4.69) is 31.0 Å². The van der Waals surface area contributed by atoms with Crippen LogP contribution in [-0.2, 0) is 0 Å². The number of piperazine rings is 1. The van der Waals surface area contributed by atoms with Crippen molar-refractivity contribution in [2.45, 2.75) is 71.4 Å². The summed E-state index contributed by atoms with van der Waals surface area (Å²) in [6.07, 6.45) is 8.51. The van der Waals surface area contributed by atoms with Crippen LogP contribution in [0.15, 0.2) is 0 Å². The molecule has 2 fully saturated rings. The van der Waals surface area contributed by atoms with E-state index in [0.29, 0.717) is 0 Å². The predicted molar refractivity (Wildman–Crippen MR) is 78.9 cm³/mol. The van der Waals surface area contributed by atoms with E-state index in [4.69, 9.17) is 0 Å². The summed E-state index contributed by atoms with van der Waals surface area (Å²) < 4.78 is 0. The van der Waals surface area contributed by atoms with Crippen molar-refractivity contribution in [2.75, 3.05) is 19.6 Å². The fourth-order valence-corrected chi connectivity index (χ4v) is 3.85. The summed E-state index contributed by atoms with van der Waals surface area (Å²) in [5, 5.41) is 3.70. The maximum atomic E-state index is 3.70. The average Bonchev–Trinajstić information content (AvgIpc) is 2.34. The van der Waals surface area contributed by atoms with Crippen molar-refractivity contribution in [1.82, 2.24) is 10.2 Å². The minimum atomic E-state index is 0.732. The Morgan fingerprint density at radius 2 is 2.06 bits per heavy atom. The van der Waals surface area contributed by atoms with E-state index in [0.717, 1.165) is 23.9 Å². The minimum Gasteiger partial charge on any atom is -0.311 e. The fraction of sp³-hybridized carbons (Fsp3) is 1.00. The van der Waals surface area contributed by atoms with Gasteiger partial charge in [-0.2, -0.15) is 0 Å². The van der Waals surface area contributed by atoms with Gasteiger partial charge in [-0.15, -0.1) is 0 Å². The molecule has 2 nitrogen and oxygen atoms in total. The smallest absolute Gasteiger partial charge is 0.0195 e. The van der Waals surface area contributed by atoms with Crippen LogP contribution in [0.25, 0.3) is 0 Å². The van der Waals surface area contributed by atoms with Crippen LogP contribution in [0.5, 0.6) is 0 Å². The van der Waals surface area contributed by atoms with Crippen LogP contribution >= 0.6 is 0 Å². The van der Waals surface area contributed by atoms with E-state index in [9.17, 15) is 0 Å². The lowest BCUT2D eigenvalue weighted by atomic mass is 9.82. The van der Waals surface area contributed by atoms with Crippen molar-refractivity contribution in [3.05, 3.63) is 0 Å². The van der Waals surface area contributed by atoms with Crippen LogP contribution in [-0.4, -0.2) is 36.6 Å². The van der Waals surface area contributed by atoms with Crippen molar-refractivity contribution in [2.24, 2.45) is 11.8 Å². The van der Waals surface area contributed by atoms with Gasteiger partial charge in [0, 0.05) is 31.7 Å². The molecule has 106 valence electrons. The zero-order valence-corrected chi connectivity index (χ0v) is 12.6. The second-order valence-corrected chi connectivity index (χ2v) is 6.83. The zero-order valence-electron chi connectivity index (χ0n) is 12.6. The van der Waals surface area contributed by atoms with Gasteiger partial charge in [0.25, 0.3) is 0 Å². The van der Waals surface area contributed by atoms with Crippen LogP contribution in [0.2, 0.25) is 0 Å². The third-order valence-corrected chi connectivity index (χ3v) is 4.96. The van der Waals surface area contributed by atoms with Gasteiger partial charge in [-0.3, -0.25) is 4.90 Å². The molecule has 1 aliphatic heterocycles. The highest BCUT2D eigenvalue weighted by Gasteiger charge is 2.28. The van der Waals surface area contributed by atoms with Crippen LogP contribution in [0.3, 0.4) is 0 Å². The molecule has 0 aromatic rings. The third kappa shape index (κ3) is 3.96. The number of rotatable bonds is 4. The fourth-order valence-electron chi connectivity index (χ4n) is 3.85. The molecule has 2 rings (SSSR count). The van der Waals surface area contributed by atoms with Crippen LogP contribution in [0.4, 0.5) is 0 Å². The molecule has 0 aromatic heterocycles. The Labute approximate surface area is 114 Å². The highest BCUT2D eigenvalue weighted by molar-refractivity contribution is 4.85. The van der Waals surface area contributed by atoms with Crippen LogP contribution in [0, 0.1) is 11.8 Å². The molecule has 0 aromatic carbocycles. The standard InChI is InChI=1S/C16H32N2/c1-4-6-16-12-18(14(3)10-17-16)11-15-8-5-7-13(2)9-15/h13-17H,4-12H2,1-3H3. The summed E-state index contributed by atoms with van der Waals surface area (Å²) in [5.41, 5.74) is 0. The largest absolute Gasteiger partial charge is 0.311 e. The predicted octanol–water partition coefficient (Wildman–Crippen LogP) is 3.28. The first-order valence-electron chi connectivity index (χ1n) is 8.16. The molecule has 4 atom stereocenters. The monoisotopic (exact) mass is 252 g/mol. The first-order valence-corrected chi connectivity index (χ1v) is 8.16. The van der Waals surface area contributed by atoms with E-state index in [1.54, 1.807) is 0 Å². The Morgan fingerprint density at radius 3 is 2.78 bits per heavy atom. The normalized spacial score (nSPS) is 38.8. The van der Waals surface area contributed by atoms with E-state index in [-0.39, 0.29) is 0 Å². The van der Waals surface area contributed by atoms with Gasteiger partial charge >= 0.3 is 0 Å². The molecule has 1 saturated heterocycles. The molecule has 0 bridgehead atoms. The zero-order chi connectivity index (χ0) is 13.0. The van der Waals surface area contributed by atoms with E-state index >= 15 is 0 Å². The molecule has 1 heterocycles. The Bertz CT molecular complexity index is 241.